The Hall–Kier alpha value is -2.13. The molecule has 1 saturated heterocycles. The van der Waals surface area contributed by atoms with Crippen molar-refractivity contribution in [3.63, 3.8) is 0 Å². The van der Waals surface area contributed by atoms with Crippen molar-refractivity contribution >= 4 is 11.6 Å². The summed E-state index contributed by atoms with van der Waals surface area (Å²) in [5.41, 5.74) is 6.42. The molecular formula is C13H14FN3O2. The Morgan fingerprint density at radius 1 is 1.63 bits per heavy atom. The molecule has 1 aliphatic rings. The van der Waals surface area contributed by atoms with Gasteiger partial charge in [0.15, 0.2) is 6.10 Å². The topological polar surface area (TPSA) is 79.3 Å². The second-order valence-electron chi connectivity index (χ2n) is 4.41. The standard InChI is InChI=1S/C13H14FN3O2/c1-8-11(14)4-9(5-12(8)16)13(18)17-2-3-19-10(6-15)7-17/h4-5,10H,2-3,7,16H2,1H3. The molecule has 6 heteroatoms. The van der Waals surface area contributed by atoms with E-state index in [2.05, 4.69) is 0 Å². The molecule has 1 fully saturated rings. The summed E-state index contributed by atoms with van der Waals surface area (Å²) >= 11 is 0. The lowest BCUT2D eigenvalue weighted by molar-refractivity contribution is 0.00345. The monoisotopic (exact) mass is 263 g/mol. The van der Waals surface area contributed by atoms with Crippen LogP contribution >= 0.6 is 0 Å². The van der Waals surface area contributed by atoms with E-state index in [0.29, 0.717) is 18.7 Å². The van der Waals surface area contributed by atoms with E-state index in [9.17, 15) is 9.18 Å². The summed E-state index contributed by atoms with van der Waals surface area (Å²) in [4.78, 5) is 13.7. The zero-order chi connectivity index (χ0) is 14.0. The van der Waals surface area contributed by atoms with Crippen LogP contribution < -0.4 is 5.73 Å². The van der Waals surface area contributed by atoms with Crippen molar-refractivity contribution < 1.29 is 13.9 Å². The number of halogens is 1. The van der Waals surface area contributed by atoms with Crippen LogP contribution in [-0.4, -0.2) is 36.6 Å². The molecule has 1 aromatic rings. The molecule has 1 unspecified atom stereocenters. The van der Waals surface area contributed by atoms with E-state index in [4.69, 9.17) is 15.7 Å². The highest BCUT2D eigenvalue weighted by Crippen LogP contribution is 2.19. The van der Waals surface area contributed by atoms with Crippen molar-refractivity contribution in [2.75, 3.05) is 25.4 Å². The molecule has 2 N–H and O–H groups in total. The van der Waals surface area contributed by atoms with Crippen LogP contribution in [0.5, 0.6) is 0 Å². The summed E-state index contributed by atoms with van der Waals surface area (Å²) in [5.74, 6) is -0.845. The van der Waals surface area contributed by atoms with E-state index in [1.807, 2.05) is 6.07 Å². The third-order valence-electron chi connectivity index (χ3n) is 3.13. The van der Waals surface area contributed by atoms with Gasteiger partial charge in [0.1, 0.15) is 5.82 Å². The summed E-state index contributed by atoms with van der Waals surface area (Å²) < 4.78 is 18.7. The Kier molecular flexibility index (Phi) is 3.67. The van der Waals surface area contributed by atoms with E-state index in [1.54, 1.807) is 6.92 Å². The molecule has 5 nitrogen and oxygen atoms in total. The predicted octanol–water partition coefficient (Wildman–Crippen LogP) is 1.08. The first-order chi connectivity index (χ1) is 9.02. The summed E-state index contributed by atoms with van der Waals surface area (Å²) in [6, 6.07) is 4.58. The first-order valence-electron chi connectivity index (χ1n) is 5.89. The number of hydrogen-bond donors (Lipinski definition) is 1. The largest absolute Gasteiger partial charge is 0.398 e. The average Bonchev–Trinajstić information content (AvgIpc) is 2.43. The van der Waals surface area contributed by atoms with Gasteiger partial charge in [0.2, 0.25) is 0 Å². The fourth-order valence-corrected chi connectivity index (χ4v) is 1.92. The highest BCUT2D eigenvalue weighted by atomic mass is 19.1. The first kappa shape index (κ1) is 13.3. The number of nitriles is 1. The number of rotatable bonds is 1. The van der Waals surface area contributed by atoms with E-state index >= 15 is 0 Å². The summed E-state index contributed by atoms with van der Waals surface area (Å²) in [6.45, 7) is 2.42. The molecular weight excluding hydrogens is 249 g/mol. The van der Waals surface area contributed by atoms with Gasteiger partial charge in [0, 0.05) is 23.4 Å². The van der Waals surface area contributed by atoms with Gasteiger partial charge in [-0.15, -0.1) is 0 Å². The fourth-order valence-electron chi connectivity index (χ4n) is 1.92. The molecule has 0 radical (unpaired) electrons. The van der Waals surface area contributed by atoms with Gasteiger partial charge in [-0.2, -0.15) is 5.26 Å². The lowest BCUT2D eigenvalue weighted by Gasteiger charge is -2.29. The number of nitrogens with two attached hydrogens (primary N) is 1. The van der Waals surface area contributed by atoms with Crippen LogP contribution in [0.15, 0.2) is 12.1 Å². The van der Waals surface area contributed by atoms with Crippen LogP contribution in [0.4, 0.5) is 10.1 Å². The number of nitrogens with zero attached hydrogens (tertiary/aromatic N) is 2. The summed E-state index contributed by atoms with van der Waals surface area (Å²) in [6.07, 6.45) is -0.634. The molecule has 1 aliphatic heterocycles. The highest BCUT2D eigenvalue weighted by molar-refractivity contribution is 5.95. The summed E-state index contributed by atoms with van der Waals surface area (Å²) in [5, 5.41) is 8.79. The molecule has 0 aromatic heterocycles. The van der Waals surface area contributed by atoms with E-state index in [0.717, 1.165) is 0 Å². The van der Waals surface area contributed by atoms with Crippen molar-refractivity contribution in [2.45, 2.75) is 13.0 Å². The van der Waals surface area contributed by atoms with Gasteiger partial charge >= 0.3 is 0 Å². The molecule has 1 atom stereocenters. The Labute approximate surface area is 110 Å². The molecule has 19 heavy (non-hydrogen) atoms. The molecule has 1 heterocycles. The maximum Gasteiger partial charge on any atom is 0.254 e. The lowest BCUT2D eigenvalue weighted by Crippen LogP contribution is -2.45. The van der Waals surface area contributed by atoms with Gasteiger partial charge < -0.3 is 15.4 Å². The third kappa shape index (κ3) is 2.66. The van der Waals surface area contributed by atoms with Crippen molar-refractivity contribution in [3.8, 4) is 6.07 Å². The second-order valence-corrected chi connectivity index (χ2v) is 4.41. The molecule has 0 spiro atoms. The number of anilines is 1. The smallest absolute Gasteiger partial charge is 0.254 e. The van der Waals surface area contributed by atoms with E-state index in [1.165, 1.54) is 17.0 Å². The molecule has 0 bridgehead atoms. The number of carbonyl (C=O) groups excluding carboxylic acids is 1. The van der Waals surface area contributed by atoms with Crippen LogP contribution in [0.2, 0.25) is 0 Å². The van der Waals surface area contributed by atoms with E-state index in [-0.39, 0.29) is 23.7 Å². The Morgan fingerprint density at radius 2 is 2.37 bits per heavy atom. The van der Waals surface area contributed by atoms with Gasteiger partial charge in [0.05, 0.1) is 19.2 Å². The Morgan fingerprint density at radius 3 is 3.00 bits per heavy atom. The zero-order valence-electron chi connectivity index (χ0n) is 10.5. The van der Waals surface area contributed by atoms with Crippen LogP contribution in [0, 0.1) is 24.1 Å². The Balaban J connectivity index is 2.22. The number of ether oxygens (including phenoxy) is 1. The van der Waals surface area contributed by atoms with E-state index < -0.39 is 11.9 Å². The van der Waals surface area contributed by atoms with Crippen molar-refractivity contribution in [3.05, 3.63) is 29.1 Å². The number of amides is 1. The van der Waals surface area contributed by atoms with Crippen LogP contribution in [0.3, 0.4) is 0 Å². The second kappa shape index (κ2) is 5.24. The Bertz CT molecular complexity index is 530. The van der Waals surface area contributed by atoms with Gasteiger partial charge in [0.25, 0.3) is 5.91 Å². The molecule has 0 aliphatic carbocycles. The number of hydrogen-bond acceptors (Lipinski definition) is 4. The average molecular weight is 263 g/mol. The first-order valence-corrected chi connectivity index (χ1v) is 5.89. The van der Waals surface area contributed by atoms with Crippen molar-refractivity contribution in [1.29, 1.82) is 5.26 Å². The maximum atomic E-state index is 13.6. The molecule has 1 aromatic carbocycles. The predicted molar refractivity (Wildman–Crippen MR) is 66.8 cm³/mol. The normalized spacial score (nSPS) is 19.0. The number of nitrogen functional groups attached to an aromatic ring is 1. The van der Waals surface area contributed by atoms with Gasteiger partial charge in [-0.05, 0) is 19.1 Å². The maximum absolute atomic E-state index is 13.6. The van der Waals surface area contributed by atoms with Gasteiger partial charge in [-0.25, -0.2) is 4.39 Å². The fraction of sp³-hybridized carbons (Fsp3) is 0.385. The minimum atomic E-state index is -0.634. The lowest BCUT2D eigenvalue weighted by atomic mass is 10.1. The molecule has 0 saturated carbocycles. The minimum absolute atomic E-state index is 0.185. The van der Waals surface area contributed by atoms with Crippen LogP contribution in [-0.2, 0) is 4.74 Å². The minimum Gasteiger partial charge on any atom is -0.398 e. The third-order valence-corrected chi connectivity index (χ3v) is 3.13. The van der Waals surface area contributed by atoms with Crippen LogP contribution in [0.1, 0.15) is 15.9 Å². The molecule has 1 amide bonds. The quantitative estimate of drug-likeness (QED) is 0.769. The highest BCUT2D eigenvalue weighted by Gasteiger charge is 2.25. The summed E-state index contributed by atoms with van der Waals surface area (Å²) in [7, 11) is 0. The van der Waals surface area contributed by atoms with Crippen LogP contribution in [0.25, 0.3) is 0 Å². The molecule has 2 rings (SSSR count). The van der Waals surface area contributed by atoms with Crippen molar-refractivity contribution in [1.82, 2.24) is 4.90 Å². The molecule has 100 valence electrons. The van der Waals surface area contributed by atoms with Gasteiger partial charge in [-0.3, -0.25) is 4.79 Å². The van der Waals surface area contributed by atoms with Crippen molar-refractivity contribution in [2.24, 2.45) is 0 Å². The number of benzene rings is 1. The SMILES string of the molecule is Cc1c(N)cc(C(=O)N2CCOC(C#N)C2)cc1F. The zero-order valence-corrected chi connectivity index (χ0v) is 10.5. The number of carbonyl (C=O) groups is 1. The number of morpholine rings is 1. The van der Waals surface area contributed by atoms with Gasteiger partial charge in [-0.1, -0.05) is 0 Å².